The van der Waals surface area contributed by atoms with Crippen LogP contribution in [0.5, 0.6) is 0 Å². The summed E-state index contributed by atoms with van der Waals surface area (Å²) in [5.41, 5.74) is -1.03. The molecule has 0 bridgehead atoms. The van der Waals surface area contributed by atoms with Gasteiger partial charge in [0.05, 0.1) is 11.8 Å². The van der Waals surface area contributed by atoms with E-state index in [1.54, 1.807) is 0 Å². The molecule has 0 aromatic carbocycles. The molecular weight excluding hydrogens is 280 g/mol. The summed E-state index contributed by atoms with van der Waals surface area (Å²) >= 11 is 0. The minimum atomic E-state index is -0.796. The molecule has 4 heteroatoms. The van der Waals surface area contributed by atoms with Crippen molar-refractivity contribution in [1.82, 2.24) is 0 Å². The van der Waals surface area contributed by atoms with E-state index in [1.165, 1.54) is 0 Å². The smallest absolute Gasteiger partial charge is 0.309 e. The lowest BCUT2D eigenvalue weighted by Crippen LogP contribution is -2.33. The molecule has 0 fully saturated rings. The standard InChI is InChI=1S/C18H34O4/c1-7-14(8-2)11-18(6,16(21)22)10-13(3)9-17(4,5)12-15(19)20/h13-14H,7-12H2,1-6H3,(H,19,20)(H,21,22). The predicted molar refractivity (Wildman–Crippen MR) is 88.9 cm³/mol. The minimum absolute atomic E-state index is 0.119. The Labute approximate surface area is 135 Å². The summed E-state index contributed by atoms with van der Waals surface area (Å²) in [5, 5.41) is 18.6. The Bertz CT molecular complexity index is 371. The van der Waals surface area contributed by atoms with Crippen LogP contribution < -0.4 is 0 Å². The van der Waals surface area contributed by atoms with Crippen LogP contribution in [0.4, 0.5) is 0 Å². The largest absolute Gasteiger partial charge is 0.481 e. The molecule has 0 saturated carbocycles. The predicted octanol–water partition coefficient (Wildman–Crippen LogP) is 4.82. The summed E-state index contributed by atoms with van der Waals surface area (Å²) in [6.45, 7) is 12.0. The first-order valence-electron chi connectivity index (χ1n) is 8.41. The van der Waals surface area contributed by atoms with Crippen LogP contribution in [0.25, 0.3) is 0 Å². The molecule has 0 aliphatic rings. The highest BCUT2D eigenvalue weighted by molar-refractivity contribution is 5.74. The fraction of sp³-hybridized carbons (Fsp3) is 0.889. The zero-order chi connectivity index (χ0) is 17.6. The molecule has 0 amide bonds. The van der Waals surface area contributed by atoms with Crippen molar-refractivity contribution >= 4 is 11.9 Å². The van der Waals surface area contributed by atoms with Crippen molar-refractivity contribution < 1.29 is 19.8 Å². The molecule has 0 spiro atoms. The molecular formula is C18H34O4. The van der Waals surface area contributed by atoms with E-state index >= 15 is 0 Å². The third-order valence-electron chi connectivity index (χ3n) is 4.74. The monoisotopic (exact) mass is 314 g/mol. The van der Waals surface area contributed by atoms with E-state index in [4.69, 9.17) is 5.11 Å². The fourth-order valence-electron chi connectivity index (χ4n) is 3.74. The Morgan fingerprint density at radius 1 is 0.955 bits per heavy atom. The van der Waals surface area contributed by atoms with Gasteiger partial charge in [-0.2, -0.15) is 0 Å². The maximum Gasteiger partial charge on any atom is 0.309 e. The number of aliphatic carboxylic acids is 2. The first kappa shape index (κ1) is 20.9. The Morgan fingerprint density at radius 3 is 1.82 bits per heavy atom. The highest BCUT2D eigenvalue weighted by Gasteiger charge is 2.37. The van der Waals surface area contributed by atoms with Crippen molar-refractivity contribution in [2.24, 2.45) is 22.7 Å². The van der Waals surface area contributed by atoms with E-state index in [-0.39, 0.29) is 17.8 Å². The first-order valence-corrected chi connectivity index (χ1v) is 8.41. The van der Waals surface area contributed by atoms with Gasteiger partial charge in [-0.05, 0) is 43.4 Å². The van der Waals surface area contributed by atoms with E-state index in [1.807, 2.05) is 27.7 Å². The van der Waals surface area contributed by atoms with Gasteiger partial charge >= 0.3 is 11.9 Å². The number of carboxylic acid groups (broad SMARTS) is 2. The molecule has 0 heterocycles. The van der Waals surface area contributed by atoms with Crippen molar-refractivity contribution in [3.8, 4) is 0 Å². The number of carbonyl (C=O) groups is 2. The molecule has 0 rings (SSSR count). The maximum atomic E-state index is 11.8. The van der Waals surface area contributed by atoms with Gasteiger partial charge in [0, 0.05) is 0 Å². The van der Waals surface area contributed by atoms with Gasteiger partial charge in [0.15, 0.2) is 0 Å². The molecule has 130 valence electrons. The maximum absolute atomic E-state index is 11.8. The lowest BCUT2D eigenvalue weighted by atomic mass is 9.70. The van der Waals surface area contributed by atoms with Gasteiger partial charge in [0.25, 0.3) is 0 Å². The second-order valence-corrected chi connectivity index (χ2v) is 8.00. The van der Waals surface area contributed by atoms with Gasteiger partial charge < -0.3 is 10.2 Å². The molecule has 0 aromatic heterocycles. The highest BCUT2D eigenvalue weighted by Crippen LogP contribution is 2.40. The van der Waals surface area contributed by atoms with Gasteiger partial charge in [0.1, 0.15) is 0 Å². The molecule has 0 aliphatic heterocycles. The van der Waals surface area contributed by atoms with Crippen molar-refractivity contribution in [2.75, 3.05) is 0 Å². The quantitative estimate of drug-likeness (QED) is 0.573. The third-order valence-corrected chi connectivity index (χ3v) is 4.74. The van der Waals surface area contributed by atoms with Crippen molar-refractivity contribution in [3.05, 3.63) is 0 Å². The van der Waals surface area contributed by atoms with Gasteiger partial charge in [-0.3, -0.25) is 9.59 Å². The number of rotatable bonds is 11. The van der Waals surface area contributed by atoms with Gasteiger partial charge in [-0.15, -0.1) is 0 Å². The zero-order valence-electron chi connectivity index (χ0n) is 15.1. The van der Waals surface area contributed by atoms with Crippen LogP contribution in [0.15, 0.2) is 0 Å². The summed E-state index contributed by atoms with van der Waals surface area (Å²) in [5.74, 6) is -0.914. The van der Waals surface area contributed by atoms with Crippen LogP contribution >= 0.6 is 0 Å². The zero-order valence-corrected chi connectivity index (χ0v) is 15.1. The Morgan fingerprint density at radius 2 is 1.45 bits per heavy atom. The summed E-state index contributed by atoms with van der Waals surface area (Å²) in [6, 6.07) is 0. The summed E-state index contributed by atoms with van der Waals surface area (Å²) in [7, 11) is 0. The molecule has 0 aromatic rings. The van der Waals surface area contributed by atoms with Crippen molar-refractivity contribution in [3.63, 3.8) is 0 Å². The molecule has 2 atom stereocenters. The van der Waals surface area contributed by atoms with Gasteiger partial charge in [-0.1, -0.05) is 47.5 Å². The minimum Gasteiger partial charge on any atom is -0.481 e. The first-order chi connectivity index (χ1) is 9.95. The second-order valence-electron chi connectivity index (χ2n) is 8.00. The van der Waals surface area contributed by atoms with Crippen LogP contribution in [0.3, 0.4) is 0 Å². The molecule has 0 aliphatic carbocycles. The second kappa shape index (κ2) is 8.54. The topological polar surface area (TPSA) is 74.6 Å². The van der Waals surface area contributed by atoms with Crippen LogP contribution in [-0.2, 0) is 9.59 Å². The Hall–Kier alpha value is -1.06. The van der Waals surface area contributed by atoms with Crippen molar-refractivity contribution in [2.45, 2.75) is 80.1 Å². The average Bonchev–Trinajstić information content (AvgIpc) is 2.32. The molecule has 2 unspecified atom stereocenters. The number of carboxylic acids is 2. The van der Waals surface area contributed by atoms with Crippen LogP contribution in [-0.4, -0.2) is 22.2 Å². The third kappa shape index (κ3) is 7.28. The van der Waals surface area contributed by atoms with Gasteiger partial charge in [-0.25, -0.2) is 0 Å². The number of hydrogen-bond acceptors (Lipinski definition) is 2. The molecule has 2 N–H and O–H groups in total. The summed E-state index contributed by atoms with van der Waals surface area (Å²) in [6.07, 6.45) is 4.14. The van der Waals surface area contributed by atoms with E-state index in [9.17, 15) is 14.7 Å². The Kier molecular flexibility index (Phi) is 8.13. The lowest BCUT2D eigenvalue weighted by Gasteiger charge is -2.34. The fourth-order valence-corrected chi connectivity index (χ4v) is 3.74. The average molecular weight is 314 g/mol. The van der Waals surface area contributed by atoms with Crippen LogP contribution in [0.1, 0.15) is 80.1 Å². The van der Waals surface area contributed by atoms with Crippen LogP contribution in [0.2, 0.25) is 0 Å². The van der Waals surface area contributed by atoms with Crippen LogP contribution in [0, 0.1) is 22.7 Å². The normalized spacial score (nSPS) is 16.3. The van der Waals surface area contributed by atoms with E-state index in [0.717, 1.165) is 19.3 Å². The molecule has 4 nitrogen and oxygen atoms in total. The van der Waals surface area contributed by atoms with Gasteiger partial charge in [0.2, 0.25) is 0 Å². The lowest BCUT2D eigenvalue weighted by molar-refractivity contribution is -0.150. The highest BCUT2D eigenvalue weighted by atomic mass is 16.4. The number of hydrogen-bond donors (Lipinski definition) is 2. The SMILES string of the molecule is CCC(CC)CC(C)(CC(C)CC(C)(C)CC(=O)O)C(=O)O. The molecule has 22 heavy (non-hydrogen) atoms. The Balaban J connectivity index is 4.87. The summed E-state index contributed by atoms with van der Waals surface area (Å²) < 4.78 is 0. The molecule has 0 saturated heterocycles. The van der Waals surface area contributed by atoms with E-state index in [2.05, 4.69) is 13.8 Å². The summed E-state index contributed by atoms with van der Waals surface area (Å²) in [4.78, 5) is 22.7. The van der Waals surface area contributed by atoms with E-state index in [0.29, 0.717) is 18.8 Å². The molecule has 0 radical (unpaired) electrons. The van der Waals surface area contributed by atoms with E-state index < -0.39 is 17.4 Å². The van der Waals surface area contributed by atoms with Crippen molar-refractivity contribution in [1.29, 1.82) is 0 Å².